The second-order valence-electron chi connectivity index (χ2n) is 7.05. The highest BCUT2D eigenvalue weighted by Gasteiger charge is 2.10. The van der Waals surface area contributed by atoms with Crippen molar-refractivity contribution in [1.82, 2.24) is 0 Å². The van der Waals surface area contributed by atoms with E-state index in [1.807, 2.05) is 0 Å². The first kappa shape index (κ1) is 18.5. The molecule has 0 heterocycles. The standard InChI is InChI=1S/C14H22.C8H10/c1-10(2)8-13(5)14-9-11(3)6-7-12(14)4;1-7-3-5-8(2)6-4-7/h6-7,9-10,13H,8H2,1-5H3;3-6H,1-2H3. The van der Waals surface area contributed by atoms with Gasteiger partial charge >= 0.3 is 0 Å². The van der Waals surface area contributed by atoms with Crippen LogP contribution in [0.15, 0.2) is 42.5 Å². The van der Waals surface area contributed by atoms with Crippen molar-refractivity contribution in [3.63, 3.8) is 0 Å². The second-order valence-corrected chi connectivity index (χ2v) is 7.05. The molecule has 0 aliphatic carbocycles. The fraction of sp³-hybridized carbons (Fsp3) is 0.455. The zero-order valence-electron chi connectivity index (χ0n) is 15.4. The first-order valence-electron chi connectivity index (χ1n) is 8.40. The summed E-state index contributed by atoms with van der Waals surface area (Å²) in [6.07, 6.45) is 1.28. The molecule has 0 saturated heterocycles. The number of hydrogen-bond donors (Lipinski definition) is 0. The van der Waals surface area contributed by atoms with Gasteiger partial charge in [-0.3, -0.25) is 0 Å². The largest absolute Gasteiger partial charge is 0.0628 e. The lowest BCUT2D eigenvalue weighted by atomic mass is 9.88. The molecule has 120 valence electrons. The van der Waals surface area contributed by atoms with Crippen molar-refractivity contribution in [1.29, 1.82) is 0 Å². The van der Waals surface area contributed by atoms with E-state index in [-0.39, 0.29) is 0 Å². The minimum atomic E-state index is 0.690. The Morgan fingerprint density at radius 3 is 1.59 bits per heavy atom. The van der Waals surface area contributed by atoms with Crippen LogP contribution in [0.3, 0.4) is 0 Å². The Labute approximate surface area is 137 Å². The van der Waals surface area contributed by atoms with Crippen molar-refractivity contribution in [3.8, 4) is 0 Å². The molecule has 0 nitrogen and oxygen atoms in total. The Morgan fingerprint density at radius 1 is 0.682 bits per heavy atom. The van der Waals surface area contributed by atoms with Crippen LogP contribution in [-0.2, 0) is 0 Å². The van der Waals surface area contributed by atoms with Gasteiger partial charge in [0.05, 0.1) is 0 Å². The first-order valence-corrected chi connectivity index (χ1v) is 8.40. The smallest absolute Gasteiger partial charge is 0.0185 e. The molecule has 0 bridgehead atoms. The van der Waals surface area contributed by atoms with Crippen molar-refractivity contribution in [2.24, 2.45) is 5.92 Å². The van der Waals surface area contributed by atoms with E-state index in [2.05, 4.69) is 90.9 Å². The van der Waals surface area contributed by atoms with Crippen LogP contribution in [0.4, 0.5) is 0 Å². The molecule has 0 radical (unpaired) electrons. The van der Waals surface area contributed by atoms with Gasteiger partial charge < -0.3 is 0 Å². The van der Waals surface area contributed by atoms with Crippen molar-refractivity contribution < 1.29 is 0 Å². The molecule has 2 aromatic rings. The van der Waals surface area contributed by atoms with Gasteiger partial charge in [-0.15, -0.1) is 0 Å². The van der Waals surface area contributed by atoms with Gasteiger partial charge in [0.1, 0.15) is 0 Å². The molecule has 0 aromatic heterocycles. The van der Waals surface area contributed by atoms with E-state index in [1.165, 1.54) is 34.2 Å². The van der Waals surface area contributed by atoms with Crippen molar-refractivity contribution in [3.05, 3.63) is 70.3 Å². The van der Waals surface area contributed by atoms with Gasteiger partial charge in [0.25, 0.3) is 0 Å². The maximum atomic E-state index is 2.34. The Morgan fingerprint density at radius 2 is 1.14 bits per heavy atom. The summed E-state index contributed by atoms with van der Waals surface area (Å²) in [6, 6.07) is 15.3. The molecule has 0 fully saturated rings. The van der Waals surface area contributed by atoms with E-state index in [0.717, 1.165) is 5.92 Å². The predicted octanol–water partition coefficient (Wildman–Crippen LogP) is 6.76. The van der Waals surface area contributed by atoms with Gasteiger partial charge in [-0.2, -0.15) is 0 Å². The molecular formula is C22H32. The summed E-state index contributed by atoms with van der Waals surface area (Å²) in [5.74, 6) is 1.47. The normalized spacial score (nSPS) is 11.8. The van der Waals surface area contributed by atoms with Crippen LogP contribution < -0.4 is 0 Å². The first-order chi connectivity index (χ1) is 10.3. The monoisotopic (exact) mass is 296 g/mol. The number of rotatable bonds is 3. The minimum Gasteiger partial charge on any atom is -0.0628 e. The average Bonchev–Trinajstić information content (AvgIpc) is 2.44. The summed E-state index contributed by atoms with van der Waals surface area (Å²) in [5.41, 5.74) is 7.00. The molecular weight excluding hydrogens is 264 g/mol. The number of aryl methyl sites for hydroxylation is 4. The maximum Gasteiger partial charge on any atom is -0.0185 e. The van der Waals surface area contributed by atoms with Gasteiger partial charge in [0.2, 0.25) is 0 Å². The maximum absolute atomic E-state index is 2.34. The summed E-state index contributed by atoms with van der Waals surface area (Å²) in [5, 5.41) is 0. The quantitative estimate of drug-likeness (QED) is 0.587. The lowest BCUT2D eigenvalue weighted by Gasteiger charge is -2.17. The molecule has 0 amide bonds. The summed E-state index contributed by atoms with van der Waals surface area (Å²) in [7, 11) is 0. The highest BCUT2D eigenvalue weighted by molar-refractivity contribution is 5.32. The molecule has 0 aliphatic rings. The van der Waals surface area contributed by atoms with E-state index >= 15 is 0 Å². The molecule has 0 saturated carbocycles. The zero-order valence-corrected chi connectivity index (χ0v) is 15.4. The van der Waals surface area contributed by atoms with Crippen LogP contribution >= 0.6 is 0 Å². The SMILES string of the molecule is Cc1ccc(C)c(C(C)CC(C)C)c1.Cc1ccc(C)cc1. The Bertz CT molecular complexity index is 540. The molecule has 0 spiro atoms. The molecule has 22 heavy (non-hydrogen) atoms. The van der Waals surface area contributed by atoms with E-state index in [9.17, 15) is 0 Å². The Kier molecular flexibility index (Phi) is 7.38. The molecule has 2 rings (SSSR count). The van der Waals surface area contributed by atoms with Gasteiger partial charge in [-0.1, -0.05) is 79.9 Å². The Balaban J connectivity index is 0.000000255. The summed E-state index contributed by atoms with van der Waals surface area (Å²) >= 11 is 0. The Hall–Kier alpha value is -1.56. The third-order valence-corrected chi connectivity index (χ3v) is 4.01. The van der Waals surface area contributed by atoms with Crippen LogP contribution in [0.1, 0.15) is 60.9 Å². The molecule has 2 aromatic carbocycles. The van der Waals surface area contributed by atoms with Gasteiger partial charge in [0.15, 0.2) is 0 Å². The highest BCUT2D eigenvalue weighted by atomic mass is 14.1. The summed E-state index contributed by atoms with van der Waals surface area (Å²) < 4.78 is 0. The van der Waals surface area contributed by atoms with Crippen LogP contribution in [0.2, 0.25) is 0 Å². The van der Waals surface area contributed by atoms with E-state index in [4.69, 9.17) is 0 Å². The summed E-state index contributed by atoms with van der Waals surface area (Å²) in [6.45, 7) is 15.5. The van der Waals surface area contributed by atoms with Gasteiger partial charge in [-0.05, 0) is 57.1 Å². The summed E-state index contributed by atoms with van der Waals surface area (Å²) in [4.78, 5) is 0. The molecule has 0 N–H and O–H groups in total. The molecule has 1 atom stereocenters. The lowest BCUT2D eigenvalue weighted by Crippen LogP contribution is -2.01. The van der Waals surface area contributed by atoms with Crippen LogP contribution in [0.25, 0.3) is 0 Å². The number of hydrogen-bond acceptors (Lipinski definition) is 0. The van der Waals surface area contributed by atoms with Crippen LogP contribution in [0.5, 0.6) is 0 Å². The van der Waals surface area contributed by atoms with E-state index in [0.29, 0.717) is 5.92 Å². The molecule has 1 unspecified atom stereocenters. The third-order valence-electron chi connectivity index (χ3n) is 4.01. The topological polar surface area (TPSA) is 0 Å². The fourth-order valence-corrected chi connectivity index (χ4v) is 2.76. The van der Waals surface area contributed by atoms with Gasteiger partial charge in [-0.25, -0.2) is 0 Å². The van der Waals surface area contributed by atoms with Crippen molar-refractivity contribution >= 4 is 0 Å². The zero-order chi connectivity index (χ0) is 16.7. The molecule has 0 aliphatic heterocycles. The van der Waals surface area contributed by atoms with E-state index < -0.39 is 0 Å². The highest BCUT2D eigenvalue weighted by Crippen LogP contribution is 2.26. The predicted molar refractivity (Wildman–Crippen MR) is 99.7 cm³/mol. The van der Waals surface area contributed by atoms with Crippen molar-refractivity contribution in [2.75, 3.05) is 0 Å². The van der Waals surface area contributed by atoms with Gasteiger partial charge in [0, 0.05) is 0 Å². The minimum absolute atomic E-state index is 0.690. The fourth-order valence-electron chi connectivity index (χ4n) is 2.76. The van der Waals surface area contributed by atoms with E-state index in [1.54, 1.807) is 0 Å². The third kappa shape index (κ3) is 6.47. The van der Waals surface area contributed by atoms with Crippen LogP contribution in [-0.4, -0.2) is 0 Å². The number of benzene rings is 2. The second kappa shape index (κ2) is 8.78. The lowest BCUT2D eigenvalue weighted by molar-refractivity contribution is 0.522. The molecule has 0 heteroatoms. The average molecular weight is 296 g/mol. The van der Waals surface area contributed by atoms with Crippen molar-refractivity contribution in [2.45, 2.75) is 60.8 Å². The van der Waals surface area contributed by atoms with Crippen LogP contribution in [0, 0.1) is 33.6 Å².